The number of halogens is 2. The van der Waals surface area contributed by atoms with Gasteiger partial charge < -0.3 is 40.9 Å². The average molecular weight is 1040 g/mol. The normalized spacial score (nSPS) is 16.2. The summed E-state index contributed by atoms with van der Waals surface area (Å²) in [5.41, 5.74) is 6.26. The molecule has 0 saturated heterocycles. The molecule has 7 aromatic carbocycles. The van der Waals surface area contributed by atoms with E-state index < -0.39 is 47.8 Å². The Morgan fingerprint density at radius 2 is 0.824 bits per heavy atom. The first-order chi connectivity index (χ1) is 34.8. The maximum atomic E-state index is 15.0. The minimum absolute atomic E-state index is 0. The summed E-state index contributed by atoms with van der Waals surface area (Å²) in [6, 6.07) is 41.3. The minimum Gasteiger partial charge on any atom is -0.341 e. The molecule has 14 nitrogen and oxygen atoms in total. The van der Waals surface area contributed by atoms with Gasteiger partial charge in [-0.3, -0.25) is 28.8 Å². The minimum atomic E-state index is -1.12. The molecule has 74 heavy (non-hydrogen) atoms. The molecule has 9 rings (SSSR count). The fourth-order valence-corrected chi connectivity index (χ4v) is 9.65. The van der Waals surface area contributed by atoms with Crippen LogP contribution in [0.15, 0.2) is 146 Å². The summed E-state index contributed by atoms with van der Waals surface area (Å²) >= 11 is 0. The fourth-order valence-electron chi connectivity index (χ4n) is 9.65. The van der Waals surface area contributed by atoms with E-state index in [2.05, 4.69) is 21.3 Å². The molecular weight excluding hydrogens is 976 g/mol. The predicted octanol–water partition coefficient (Wildman–Crippen LogP) is 8.03. The van der Waals surface area contributed by atoms with Crippen LogP contribution in [0.25, 0.3) is 21.5 Å². The van der Waals surface area contributed by atoms with E-state index >= 15 is 0 Å². The van der Waals surface area contributed by atoms with Crippen molar-refractivity contribution in [3.63, 3.8) is 0 Å². The van der Waals surface area contributed by atoms with Crippen LogP contribution in [0.2, 0.25) is 0 Å². The number of nitrogens with zero attached hydrogens (tertiary/aromatic N) is 4. The van der Waals surface area contributed by atoms with Gasteiger partial charge in [0.2, 0.25) is 11.8 Å². The number of aryl methyl sites for hydroxylation is 2. The number of nitrogens with one attached hydrogen (secondary N) is 4. The standard InChI is InChI=1S/C58H58N8O6.2ClH/c1-35-23-25-39-15-7-9-17-43(39)45(35)31-63-49-19-11-13-21-51(49)65(33-47(57(63)71)61-53(67)37(3)59-5)55(69)41-27-29-42(30-28-41)56(70)66-34-48(62-54(68)38(4)60-6)58(72)64(50-20-12-14-22-52(50)66)32-46-36(2)24-26-40-16-8-10-18-44(40)46;;/h7-30,37-38,47-48,59-60H,31-34H2,1-6H3,(H,61,67)(H,62,68);2*1H/t37-,38-,47-,48-;;/m0../s1. The fraction of sp³-hybridized carbons (Fsp3) is 0.241. The van der Waals surface area contributed by atoms with Crippen molar-refractivity contribution in [2.45, 2.75) is 65.0 Å². The first-order valence-electron chi connectivity index (χ1n) is 24.2. The summed E-state index contributed by atoms with van der Waals surface area (Å²) in [6.07, 6.45) is 0. The van der Waals surface area contributed by atoms with E-state index in [0.717, 1.165) is 43.8 Å². The summed E-state index contributed by atoms with van der Waals surface area (Å²) in [7, 11) is 3.31. The Morgan fingerprint density at radius 3 is 1.19 bits per heavy atom. The van der Waals surface area contributed by atoms with Gasteiger partial charge in [-0.1, -0.05) is 97.1 Å². The van der Waals surface area contributed by atoms with Gasteiger partial charge in [-0.2, -0.15) is 0 Å². The molecule has 0 bridgehead atoms. The largest absolute Gasteiger partial charge is 0.341 e. The monoisotopic (exact) mass is 1030 g/mol. The van der Waals surface area contributed by atoms with Crippen molar-refractivity contribution in [3.8, 4) is 0 Å². The first-order valence-corrected chi connectivity index (χ1v) is 24.2. The van der Waals surface area contributed by atoms with E-state index in [-0.39, 0.29) is 73.9 Å². The number of likely N-dealkylation sites (N-methyl/N-ethyl adjacent to an activating group) is 2. The zero-order chi connectivity index (χ0) is 50.8. The molecule has 16 heteroatoms. The summed E-state index contributed by atoms with van der Waals surface area (Å²) in [5.74, 6) is -2.46. The summed E-state index contributed by atoms with van der Waals surface area (Å²) in [4.78, 5) is 93.1. The van der Waals surface area contributed by atoms with E-state index in [1.807, 2.05) is 98.8 Å². The van der Waals surface area contributed by atoms with E-state index in [9.17, 15) is 28.8 Å². The molecule has 2 aliphatic rings. The van der Waals surface area contributed by atoms with Gasteiger partial charge in [0.25, 0.3) is 23.6 Å². The van der Waals surface area contributed by atoms with E-state index in [4.69, 9.17) is 0 Å². The molecule has 0 fully saturated rings. The number of hydrogen-bond donors (Lipinski definition) is 4. The van der Waals surface area contributed by atoms with Gasteiger partial charge in [-0.25, -0.2) is 0 Å². The third-order valence-corrected chi connectivity index (χ3v) is 14.1. The van der Waals surface area contributed by atoms with Crippen molar-refractivity contribution >= 4 is 105 Å². The Hall–Kier alpha value is -7.62. The van der Waals surface area contributed by atoms with Crippen molar-refractivity contribution in [1.82, 2.24) is 21.3 Å². The molecule has 382 valence electrons. The maximum Gasteiger partial charge on any atom is 0.258 e. The number of anilines is 4. The van der Waals surface area contributed by atoms with Crippen molar-refractivity contribution in [2.24, 2.45) is 0 Å². The highest BCUT2D eigenvalue weighted by molar-refractivity contribution is 6.15. The van der Waals surface area contributed by atoms with Crippen LogP contribution in [0.4, 0.5) is 22.7 Å². The number of benzene rings is 7. The van der Waals surface area contributed by atoms with Gasteiger partial charge in [-0.05, 0) is 134 Å². The number of para-hydroxylation sites is 4. The van der Waals surface area contributed by atoms with Gasteiger partial charge in [-0.15, -0.1) is 24.8 Å². The van der Waals surface area contributed by atoms with Crippen molar-refractivity contribution in [3.05, 3.63) is 179 Å². The van der Waals surface area contributed by atoms with Crippen LogP contribution in [0.1, 0.15) is 56.8 Å². The second-order valence-corrected chi connectivity index (χ2v) is 18.5. The number of hydrogen-bond acceptors (Lipinski definition) is 8. The molecule has 2 heterocycles. The third kappa shape index (κ3) is 10.6. The highest BCUT2D eigenvalue weighted by Gasteiger charge is 2.40. The zero-order valence-electron chi connectivity index (χ0n) is 42.0. The van der Waals surface area contributed by atoms with Crippen LogP contribution in [0.5, 0.6) is 0 Å². The summed E-state index contributed by atoms with van der Waals surface area (Å²) in [6.45, 7) is 7.42. The van der Waals surface area contributed by atoms with E-state index in [1.165, 1.54) is 9.80 Å². The molecule has 0 aliphatic carbocycles. The molecule has 0 radical (unpaired) electrons. The van der Waals surface area contributed by atoms with Gasteiger partial charge in [0.15, 0.2) is 0 Å². The second kappa shape index (κ2) is 23.1. The number of rotatable bonds is 12. The van der Waals surface area contributed by atoms with E-state index in [1.54, 1.807) is 98.4 Å². The van der Waals surface area contributed by atoms with Gasteiger partial charge in [0.1, 0.15) is 12.1 Å². The number of carbonyl (C=O) groups excluding carboxylic acids is 6. The topological polar surface area (TPSA) is 164 Å². The quantitative estimate of drug-likeness (QED) is 0.0957. The lowest BCUT2D eigenvalue weighted by Crippen LogP contribution is -2.55. The number of fused-ring (bicyclic) bond motifs is 4. The Morgan fingerprint density at radius 1 is 0.486 bits per heavy atom. The highest BCUT2D eigenvalue weighted by Crippen LogP contribution is 2.38. The van der Waals surface area contributed by atoms with Crippen LogP contribution < -0.4 is 40.9 Å². The molecule has 0 saturated carbocycles. The van der Waals surface area contributed by atoms with Crippen LogP contribution in [-0.2, 0) is 32.3 Å². The lowest BCUT2D eigenvalue weighted by atomic mass is 9.99. The summed E-state index contributed by atoms with van der Waals surface area (Å²) < 4.78 is 0. The summed E-state index contributed by atoms with van der Waals surface area (Å²) in [5, 5.41) is 15.8. The maximum absolute atomic E-state index is 15.0. The highest BCUT2D eigenvalue weighted by atomic mass is 35.5. The van der Waals surface area contributed by atoms with E-state index in [0.29, 0.717) is 22.7 Å². The Kier molecular flexibility index (Phi) is 16.9. The van der Waals surface area contributed by atoms with Crippen LogP contribution >= 0.6 is 24.8 Å². The van der Waals surface area contributed by atoms with Crippen molar-refractivity contribution in [2.75, 3.05) is 46.8 Å². The Labute approximate surface area is 443 Å². The SMILES string of the molecule is CN[C@@H](C)C(=O)N[C@H]1CN(C(=O)c2ccc(C(=O)N3C[C@H](NC(=O)[C@H](C)NC)C(=O)N(Cc4c(C)ccc5ccccc45)c4ccccc43)cc2)c2ccccc2N(Cc2c(C)ccc3ccccc23)C1=O.Cl.Cl. The zero-order valence-corrected chi connectivity index (χ0v) is 43.7. The van der Waals surface area contributed by atoms with Gasteiger partial charge >= 0.3 is 0 Å². The average Bonchev–Trinajstić information content (AvgIpc) is 3.59. The molecule has 6 amide bonds. The third-order valence-electron chi connectivity index (χ3n) is 14.1. The molecule has 2 aliphatic heterocycles. The van der Waals surface area contributed by atoms with Crippen LogP contribution in [0.3, 0.4) is 0 Å². The lowest BCUT2D eigenvalue weighted by Gasteiger charge is -2.27. The molecule has 0 aromatic heterocycles. The lowest BCUT2D eigenvalue weighted by molar-refractivity contribution is -0.128. The van der Waals surface area contributed by atoms with Crippen molar-refractivity contribution in [1.29, 1.82) is 0 Å². The molecule has 0 unspecified atom stereocenters. The molecule has 4 N–H and O–H groups in total. The number of carbonyl (C=O) groups is 6. The van der Waals surface area contributed by atoms with Crippen LogP contribution in [-0.4, -0.2) is 86.8 Å². The molecule has 7 aromatic rings. The molecule has 0 spiro atoms. The first kappa shape index (κ1) is 54.2. The second-order valence-electron chi connectivity index (χ2n) is 18.5. The van der Waals surface area contributed by atoms with Crippen LogP contribution in [0, 0.1) is 13.8 Å². The van der Waals surface area contributed by atoms with Gasteiger partial charge in [0, 0.05) is 11.1 Å². The Balaban J connectivity index is 0.00000400. The predicted molar refractivity (Wildman–Crippen MR) is 298 cm³/mol. The molecular formula is C58H60Cl2N8O6. The van der Waals surface area contributed by atoms with Gasteiger partial charge in [0.05, 0.1) is 61.0 Å². The van der Waals surface area contributed by atoms with Crippen molar-refractivity contribution < 1.29 is 28.8 Å². The Bertz CT molecular complexity index is 3060. The number of amides is 6. The molecule has 4 atom stereocenters. The smallest absolute Gasteiger partial charge is 0.258 e.